The molecule has 1 fully saturated rings. The van der Waals surface area contributed by atoms with Crippen molar-refractivity contribution in [3.63, 3.8) is 0 Å². The van der Waals surface area contributed by atoms with E-state index in [1.807, 2.05) is 0 Å². The van der Waals surface area contributed by atoms with E-state index >= 15 is 0 Å². The van der Waals surface area contributed by atoms with Crippen molar-refractivity contribution in [3.8, 4) is 11.5 Å². The highest BCUT2D eigenvalue weighted by atomic mass is 35.5. The van der Waals surface area contributed by atoms with Crippen LogP contribution in [0.3, 0.4) is 0 Å². The molecule has 3 nitrogen and oxygen atoms in total. The Hall–Kier alpha value is -1.00. The molecule has 2 N–H and O–H groups in total. The zero-order valence-corrected chi connectivity index (χ0v) is 10.4. The summed E-state index contributed by atoms with van der Waals surface area (Å²) >= 11 is 5.80. The van der Waals surface area contributed by atoms with Gasteiger partial charge in [0.15, 0.2) is 17.3 Å². The predicted octanol–water partition coefficient (Wildman–Crippen LogP) is 3.01. The molecule has 5 heteroatoms. The summed E-state index contributed by atoms with van der Waals surface area (Å²) < 4.78 is 19.0. The molecule has 1 atom stereocenters. The summed E-state index contributed by atoms with van der Waals surface area (Å²) in [5.41, 5.74) is 0.217. The molecule has 1 saturated heterocycles. The molecule has 94 valence electrons. The number of hydrogen-bond acceptors (Lipinski definition) is 3. The number of nitrogens with one attached hydrogen (secondary N) is 1. The number of halogens is 2. The molecule has 2 rings (SSSR count). The number of ether oxygens (including phenoxy) is 1. The zero-order chi connectivity index (χ0) is 12.4. The van der Waals surface area contributed by atoms with E-state index in [4.69, 9.17) is 16.3 Å². The summed E-state index contributed by atoms with van der Waals surface area (Å²) in [6, 6.07) is 1.09. The van der Waals surface area contributed by atoms with Crippen LogP contribution in [0.2, 0.25) is 5.02 Å². The zero-order valence-electron chi connectivity index (χ0n) is 9.59. The van der Waals surface area contributed by atoms with Crippen molar-refractivity contribution in [2.75, 3.05) is 13.7 Å². The fraction of sp³-hybridized carbons (Fsp3) is 0.500. The molecule has 0 bridgehead atoms. The van der Waals surface area contributed by atoms with E-state index in [1.54, 1.807) is 0 Å². The van der Waals surface area contributed by atoms with Crippen molar-refractivity contribution >= 4 is 11.6 Å². The molecule has 1 aliphatic heterocycles. The van der Waals surface area contributed by atoms with Gasteiger partial charge in [0.1, 0.15) is 0 Å². The summed E-state index contributed by atoms with van der Waals surface area (Å²) in [5, 5.41) is 13.1. The molecule has 0 aromatic heterocycles. The monoisotopic (exact) mass is 259 g/mol. The summed E-state index contributed by atoms with van der Waals surface area (Å²) in [4.78, 5) is 0. The van der Waals surface area contributed by atoms with Crippen molar-refractivity contribution in [1.82, 2.24) is 5.32 Å². The number of hydrogen-bond donors (Lipinski definition) is 2. The van der Waals surface area contributed by atoms with Crippen LogP contribution in [0.5, 0.6) is 11.5 Å². The van der Waals surface area contributed by atoms with E-state index in [1.165, 1.54) is 13.2 Å². The topological polar surface area (TPSA) is 41.5 Å². The Morgan fingerprint density at radius 2 is 2.29 bits per heavy atom. The average molecular weight is 260 g/mol. The first kappa shape index (κ1) is 12.5. The van der Waals surface area contributed by atoms with E-state index in [-0.39, 0.29) is 28.1 Å². The van der Waals surface area contributed by atoms with Gasteiger partial charge < -0.3 is 15.2 Å². The van der Waals surface area contributed by atoms with Crippen molar-refractivity contribution in [3.05, 3.63) is 22.5 Å². The number of phenols is 1. The summed E-state index contributed by atoms with van der Waals surface area (Å²) in [5.74, 6) is -0.517. The molecular weight excluding hydrogens is 245 g/mol. The van der Waals surface area contributed by atoms with E-state index in [9.17, 15) is 9.50 Å². The first-order valence-electron chi connectivity index (χ1n) is 5.63. The smallest absolute Gasteiger partial charge is 0.165 e. The van der Waals surface area contributed by atoms with E-state index < -0.39 is 5.82 Å². The Morgan fingerprint density at radius 3 is 2.88 bits per heavy atom. The van der Waals surface area contributed by atoms with Crippen LogP contribution in [0, 0.1) is 5.82 Å². The third-order valence-corrected chi connectivity index (χ3v) is 3.35. The van der Waals surface area contributed by atoms with Gasteiger partial charge in [0.05, 0.1) is 17.7 Å². The number of piperidine rings is 1. The summed E-state index contributed by atoms with van der Waals surface area (Å²) in [6.45, 7) is 0.818. The Morgan fingerprint density at radius 1 is 1.53 bits per heavy atom. The third-order valence-electron chi connectivity index (χ3n) is 3.07. The van der Waals surface area contributed by atoms with E-state index in [0.29, 0.717) is 0 Å². The minimum Gasteiger partial charge on any atom is -0.504 e. The Bertz CT molecular complexity index is 419. The van der Waals surface area contributed by atoms with Crippen molar-refractivity contribution in [2.24, 2.45) is 0 Å². The molecule has 0 amide bonds. The third kappa shape index (κ3) is 2.33. The van der Waals surface area contributed by atoms with Gasteiger partial charge in [-0.3, -0.25) is 0 Å². The predicted molar refractivity (Wildman–Crippen MR) is 64.2 cm³/mol. The molecule has 1 aromatic carbocycles. The lowest BCUT2D eigenvalue weighted by Crippen LogP contribution is -2.27. The maximum absolute atomic E-state index is 14.0. The van der Waals surface area contributed by atoms with Gasteiger partial charge in [-0.05, 0) is 19.4 Å². The second kappa shape index (κ2) is 5.10. The number of phenolic OH excluding ortho intramolecular Hbond substituents is 1. The van der Waals surface area contributed by atoms with Crippen molar-refractivity contribution in [2.45, 2.75) is 25.3 Å². The summed E-state index contributed by atoms with van der Waals surface area (Å²) in [6.07, 6.45) is 2.86. The highest BCUT2D eigenvalue weighted by molar-refractivity contribution is 6.31. The maximum atomic E-state index is 14.0. The fourth-order valence-electron chi connectivity index (χ4n) is 2.18. The lowest BCUT2D eigenvalue weighted by molar-refractivity contribution is 0.346. The lowest BCUT2D eigenvalue weighted by atomic mass is 9.96. The van der Waals surface area contributed by atoms with Crippen LogP contribution in [-0.4, -0.2) is 18.8 Å². The standard InChI is InChI=1S/C12H15ClFNO2/c1-17-9-6-7(13)11(14)10(12(9)16)8-4-2-3-5-15-8/h6,8,15-16H,2-5H2,1H3. The van der Waals surface area contributed by atoms with Gasteiger partial charge in [-0.1, -0.05) is 18.0 Å². The van der Waals surface area contributed by atoms with Gasteiger partial charge in [-0.2, -0.15) is 0 Å². The molecule has 0 saturated carbocycles. The molecule has 17 heavy (non-hydrogen) atoms. The maximum Gasteiger partial charge on any atom is 0.165 e. The van der Waals surface area contributed by atoms with Gasteiger partial charge in [0.2, 0.25) is 0 Å². The van der Waals surface area contributed by atoms with Crippen LogP contribution in [-0.2, 0) is 0 Å². The van der Waals surface area contributed by atoms with Crippen LogP contribution < -0.4 is 10.1 Å². The molecule has 1 heterocycles. The van der Waals surface area contributed by atoms with E-state index in [0.717, 1.165) is 25.8 Å². The van der Waals surface area contributed by atoms with Crippen molar-refractivity contribution in [1.29, 1.82) is 0 Å². The fourth-order valence-corrected chi connectivity index (χ4v) is 2.38. The quantitative estimate of drug-likeness (QED) is 0.858. The van der Waals surface area contributed by atoms with Gasteiger partial charge >= 0.3 is 0 Å². The Kier molecular flexibility index (Phi) is 3.74. The Labute approximate surface area is 105 Å². The second-order valence-corrected chi connectivity index (χ2v) is 4.55. The van der Waals surface area contributed by atoms with Crippen LogP contribution in [0.1, 0.15) is 30.9 Å². The van der Waals surface area contributed by atoms with Gasteiger partial charge in [-0.25, -0.2) is 4.39 Å². The number of methoxy groups -OCH3 is 1. The molecule has 0 spiro atoms. The number of aromatic hydroxyl groups is 1. The van der Waals surface area contributed by atoms with Crippen LogP contribution in [0.4, 0.5) is 4.39 Å². The minimum atomic E-state index is -0.565. The largest absolute Gasteiger partial charge is 0.504 e. The van der Waals surface area contributed by atoms with E-state index in [2.05, 4.69) is 5.32 Å². The highest BCUT2D eigenvalue weighted by Crippen LogP contribution is 2.41. The SMILES string of the molecule is COc1cc(Cl)c(F)c(C2CCCCN2)c1O. The first-order valence-corrected chi connectivity index (χ1v) is 6.01. The normalized spacial score (nSPS) is 20.3. The first-order chi connectivity index (χ1) is 8.15. The molecule has 1 unspecified atom stereocenters. The van der Waals surface area contributed by atoms with Gasteiger partial charge in [0.25, 0.3) is 0 Å². The second-order valence-electron chi connectivity index (χ2n) is 4.14. The highest BCUT2D eigenvalue weighted by Gasteiger charge is 2.26. The lowest BCUT2D eigenvalue weighted by Gasteiger charge is -2.25. The number of rotatable bonds is 2. The van der Waals surface area contributed by atoms with Crippen LogP contribution >= 0.6 is 11.6 Å². The average Bonchev–Trinajstić information content (AvgIpc) is 2.35. The molecule has 1 aliphatic rings. The molecule has 0 radical (unpaired) electrons. The van der Waals surface area contributed by atoms with Crippen LogP contribution in [0.15, 0.2) is 6.07 Å². The van der Waals surface area contributed by atoms with Gasteiger partial charge in [0, 0.05) is 12.1 Å². The molecule has 0 aliphatic carbocycles. The van der Waals surface area contributed by atoms with Gasteiger partial charge in [-0.15, -0.1) is 0 Å². The minimum absolute atomic E-state index is 0.0259. The van der Waals surface area contributed by atoms with Crippen LogP contribution in [0.25, 0.3) is 0 Å². The number of benzene rings is 1. The van der Waals surface area contributed by atoms with Crippen molar-refractivity contribution < 1.29 is 14.2 Å². The Balaban J connectivity index is 2.46. The summed E-state index contributed by atoms with van der Waals surface area (Å²) in [7, 11) is 1.42. The molecular formula is C12H15ClFNO2. The molecule has 1 aromatic rings.